The van der Waals surface area contributed by atoms with E-state index in [1.807, 2.05) is 0 Å². The molecule has 0 aliphatic heterocycles. The molecule has 0 aromatic carbocycles. The number of hydrogen-bond acceptors (Lipinski definition) is 1. The third-order valence-corrected chi connectivity index (χ3v) is 0. The summed E-state index contributed by atoms with van der Waals surface area (Å²) in [6.07, 6.45) is 0. The van der Waals surface area contributed by atoms with Crippen molar-refractivity contribution < 1.29 is 19.2 Å². The van der Waals surface area contributed by atoms with Crippen molar-refractivity contribution in [2.24, 2.45) is 0 Å². The zero-order valence-electron chi connectivity index (χ0n) is 2.20. The van der Waals surface area contributed by atoms with Gasteiger partial charge >= 0.3 is 192 Å². The Bertz CT molecular complexity index is 61.9. The summed E-state index contributed by atoms with van der Waals surface area (Å²) in [6, 6.07) is 0. The van der Waals surface area contributed by atoms with E-state index in [1.165, 1.54) is 0 Å². The molecular weight excluding hydrogens is 235 g/mol. The van der Waals surface area contributed by atoms with Crippen LogP contribution >= 0.6 is 7.82 Å². The topological polar surface area (TPSA) is 77.8 Å². The summed E-state index contributed by atoms with van der Waals surface area (Å²) in [6.45, 7) is 0. The zero-order chi connectivity index (χ0) is 4.50. The molecule has 0 aromatic heterocycles. The molecule has 0 aliphatic carbocycles. The Hall–Kier alpha value is 6.02. The quantitative estimate of drug-likeness (QED) is 0.304. The van der Waals surface area contributed by atoms with E-state index >= 15 is 0 Å². The van der Waals surface area contributed by atoms with Gasteiger partial charge in [-0.2, -0.15) is 0 Å². The van der Waals surface area contributed by atoms with Gasteiger partial charge in [0.15, 0.2) is 0 Å². The average molecular weight is 242 g/mol. The van der Waals surface area contributed by atoms with E-state index in [-0.39, 0.29) is 184 Å². The Morgan fingerprint density at radius 1 is 0.889 bits per heavy atom. The second kappa shape index (κ2) is 16.4. The standard InChI is InChI=1S/3K.Na.H3O4P.4H/c;;;;1-5(2,3)4;;;;/h;;;;(H3,1,2,3,4);;;;. The molecule has 0 heterocycles. The normalized spacial score (nSPS) is 6.56. The molecule has 3 N–H and O–H groups in total. The Kier molecular flexibility index (Phi) is 53.7. The summed E-state index contributed by atoms with van der Waals surface area (Å²) in [4.78, 5) is 21.6. The third kappa shape index (κ3) is 55.9. The van der Waals surface area contributed by atoms with Crippen LogP contribution in [0.5, 0.6) is 0 Å². The summed E-state index contributed by atoms with van der Waals surface area (Å²) in [5.41, 5.74) is 0. The van der Waals surface area contributed by atoms with Gasteiger partial charge in [0.2, 0.25) is 0 Å². The van der Waals surface area contributed by atoms with Crippen LogP contribution in [0.2, 0.25) is 0 Å². The third-order valence-electron chi connectivity index (χ3n) is 0. The van der Waals surface area contributed by atoms with E-state index < -0.39 is 7.82 Å². The average Bonchev–Trinajstić information content (AvgIpc) is 0.722. The van der Waals surface area contributed by atoms with E-state index in [2.05, 4.69) is 0 Å². The predicted octanol–water partition coefficient (Wildman–Crippen LogP) is -3.52. The molecule has 0 saturated heterocycles. The predicted molar refractivity (Wildman–Crippen MR) is 42.9 cm³/mol. The summed E-state index contributed by atoms with van der Waals surface area (Å²) < 4.78 is 8.88. The fraction of sp³-hybridized carbons (Fsp3) is 0. The molecule has 0 rings (SSSR count). The van der Waals surface area contributed by atoms with Crippen LogP contribution < -0.4 is 0 Å². The molecule has 9 heavy (non-hydrogen) atoms. The fourth-order valence-electron chi connectivity index (χ4n) is 0. The minimum atomic E-state index is -4.64. The minimum absolute atomic E-state index is 0. The molecule has 0 unspecified atom stereocenters. The van der Waals surface area contributed by atoms with Crippen LogP contribution in [0.15, 0.2) is 0 Å². The fourth-order valence-corrected chi connectivity index (χ4v) is 0. The van der Waals surface area contributed by atoms with Crippen molar-refractivity contribution in [2.45, 2.75) is 0 Å². The maximum absolute atomic E-state index is 8.88. The molecule has 0 radical (unpaired) electrons. The van der Waals surface area contributed by atoms with E-state index in [1.54, 1.807) is 0 Å². The number of rotatable bonds is 0. The zero-order valence-corrected chi connectivity index (χ0v) is 3.09. The Labute approximate surface area is 203 Å². The summed E-state index contributed by atoms with van der Waals surface area (Å²) >= 11 is 0. The molecule has 0 spiro atoms. The number of phosphoric acid groups is 1. The van der Waals surface area contributed by atoms with Crippen LogP contribution in [-0.4, -0.2) is 198 Å². The Balaban J connectivity index is -0.0000000133. The first-order valence-electron chi connectivity index (χ1n) is 0.783. The first kappa shape index (κ1) is 29.4. The molecule has 0 bridgehead atoms. The van der Waals surface area contributed by atoms with Crippen LogP contribution in [0.3, 0.4) is 0 Å². The molecular formula is H7K3NaO4P. The van der Waals surface area contributed by atoms with Crippen LogP contribution in [0.4, 0.5) is 0 Å². The summed E-state index contributed by atoms with van der Waals surface area (Å²) in [7, 11) is -4.64. The van der Waals surface area contributed by atoms with Crippen LogP contribution in [0.1, 0.15) is 0 Å². The molecule has 4 nitrogen and oxygen atoms in total. The van der Waals surface area contributed by atoms with Crippen molar-refractivity contribution in [3.63, 3.8) is 0 Å². The van der Waals surface area contributed by atoms with Crippen LogP contribution in [0, 0.1) is 0 Å². The molecule has 0 atom stereocenters. The van der Waals surface area contributed by atoms with Crippen LogP contribution in [-0.2, 0) is 4.57 Å². The molecule has 0 fully saturated rings. The van der Waals surface area contributed by atoms with E-state index in [0.29, 0.717) is 0 Å². The van der Waals surface area contributed by atoms with Crippen LogP contribution in [0.25, 0.3) is 0 Å². The molecule has 0 amide bonds. The maximum atomic E-state index is 8.88. The summed E-state index contributed by atoms with van der Waals surface area (Å²) in [5.74, 6) is 0. The van der Waals surface area contributed by atoms with E-state index in [9.17, 15) is 0 Å². The van der Waals surface area contributed by atoms with E-state index in [0.717, 1.165) is 0 Å². The van der Waals surface area contributed by atoms with Gasteiger partial charge in [-0.15, -0.1) is 0 Å². The Morgan fingerprint density at radius 2 is 0.889 bits per heavy atom. The monoisotopic (exact) mass is 242 g/mol. The SMILES string of the molecule is O=P(O)(O)O.[KH].[KH].[KH].[NaH]. The van der Waals surface area contributed by atoms with Gasteiger partial charge in [0.1, 0.15) is 0 Å². The van der Waals surface area contributed by atoms with Crippen molar-refractivity contribution in [1.82, 2.24) is 0 Å². The van der Waals surface area contributed by atoms with Crippen molar-refractivity contribution in [2.75, 3.05) is 0 Å². The van der Waals surface area contributed by atoms with Crippen molar-refractivity contribution in [3.05, 3.63) is 0 Å². The molecule has 9 heteroatoms. The van der Waals surface area contributed by atoms with Gasteiger partial charge in [-0.25, -0.2) is 4.57 Å². The van der Waals surface area contributed by atoms with Crippen molar-refractivity contribution in [3.8, 4) is 0 Å². The van der Waals surface area contributed by atoms with Crippen molar-refractivity contribution in [1.29, 1.82) is 0 Å². The van der Waals surface area contributed by atoms with Gasteiger partial charge in [0.05, 0.1) is 0 Å². The molecule has 0 aromatic rings. The number of hydrogen-bond donors (Lipinski definition) is 3. The molecule has 40 valence electrons. The van der Waals surface area contributed by atoms with Gasteiger partial charge in [-0.05, 0) is 0 Å². The molecule has 0 saturated carbocycles. The van der Waals surface area contributed by atoms with Gasteiger partial charge in [0.25, 0.3) is 0 Å². The molecule has 0 aliphatic rings. The first-order valence-corrected chi connectivity index (χ1v) is 2.35. The van der Waals surface area contributed by atoms with Crippen molar-refractivity contribution >= 4 is 192 Å². The van der Waals surface area contributed by atoms with E-state index in [4.69, 9.17) is 19.2 Å². The van der Waals surface area contributed by atoms with Gasteiger partial charge in [0, 0.05) is 0 Å². The summed E-state index contributed by atoms with van der Waals surface area (Å²) in [5, 5.41) is 0. The van der Waals surface area contributed by atoms with Gasteiger partial charge in [-0.3, -0.25) is 0 Å². The second-order valence-corrected chi connectivity index (χ2v) is 1.54. The second-order valence-electron chi connectivity index (χ2n) is 0.513. The first-order chi connectivity index (χ1) is 2.00. The Morgan fingerprint density at radius 3 is 0.889 bits per heavy atom. The van der Waals surface area contributed by atoms with Gasteiger partial charge < -0.3 is 14.7 Å². The van der Waals surface area contributed by atoms with Gasteiger partial charge in [-0.1, -0.05) is 0 Å².